The zero-order chi connectivity index (χ0) is 15.5. The first kappa shape index (κ1) is 14.9. The number of hydrogen-bond donors (Lipinski definition) is 1. The van der Waals surface area contributed by atoms with Crippen molar-refractivity contribution in [2.75, 3.05) is 5.75 Å². The molecule has 1 unspecified atom stereocenters. The molecule has 3 rings (SSSR count). The van der Waals surface area contributed by atoms with E-state index < -0.39 is 0 Å². The molecule has 1 amide bonds. The highest BCUT2D eigenvalue weighted by Crippen LogP contribution is 2.31. The van der Waals surface area contributed by atoms with E-state index in [0.29, 0.717) is 23.2 Å². The molecular formula is C15H17N3O3S. The minimum absolute atomic E-state index is 0.0734. The van der Waals surface area contributed by atoms with Gasteiger partial charge in [-0.05, 0) is 18.6 Å². The molecular weight excluding hydrogens is 302 g/mol. The fraction of sp³-hybridized carbons (Fsp3) is 0.400. The predicted octanol–water partition coefficient (Wildman–Crippen LogP) is 1.75. The Labute approximate surface area is 131 Å². The van der Waals surface area contributed by atoms with E-state index in [4.69, 9.17) is 4.42 Å². The molecule has 2 aromatic rings. The molecule has 0 saturated carbocycles. The molecule has 0 radical (unpaired) electrons. The first-order chi connectivity index (χ1) is 10.7. The summed E-state index contributed by atoms with van der Waals surface area (Å²) in [6, 6.07) is 5.01. The highest BCUT2D eigenvalue weighted by molar-refractivity contribution is 7.99. The molecule has 1 aliphatic heterocycles. The number of carbonyl (C=O) groups is 1. The second kappa shape index (κ2) is 6.39. The maximum absolute atomic E-state index is 12.2. The van der Waals surface area contributed by atoms with Gasteiger partial charge in [0, 0.05) is 23.9 Å². The van der Waals surface area contributed by atoms with Gasteiger partial charge in [0.25, 0.3) is 5.56 Å². The lowest BCUT2D eigenvalue weighted by atomic mass is 10.2. The second-order valence-corrected chi connectivity index (χ2v) is 6.10. The van der Waals surface area contributed by atoms with Crippen molar-refractivity contribution in [1.82, 2.24) is 14.9 Å². The molecule has 0 bridgehead atoms. The molecule has 116 valence electrons. The third kappa shape index (κ3) is 3.09. The Morgan fingerprint density at radius 1 is 1.59 bits per heavy atom. The third-order valence-corrected chi connectivity index (χ3v) is 4.66. The quantitative estimate of drug-likeness (QED) is 0.850. The SMILES string of the molecule is CCc1cc(=O)n2c(n1)SCC2CC(=O)NCc1ccco1. The summed E-state index contributed by atoms with van der Waals surface area (Å²) in [7, 11) is 0. The van der Waals surface area contributed by atoms with Crippen LogP contribution in [-0.4, -0.2) is 21.2 Å². The van der Waals surface area contributed by atoms with E-state index >= 15 is 0 Å². The summed E-state index contributed by atoms with van der Waals surface area (Å²) >= 11 is 1.53. The number of thioether (sulfide) groups is 1. The summed E-state index contributed by atoms with van der Waals surface area (Å²) in [4.78, 5) is 28.7. The van der Waals surface area contributed by atoms with Crippen LogP contribution in [-0.2, 0) is 17.8 Å². The van der Waals surface area contributed by atoms with Crippen LogP contribution in [0.2, 0.25) is 0 Å². The van der Waals surface area contributed by atoms with E-state index in [9.17, 15) is 9.59 Å². The van der Waals surface area contributed by atoms with E-state index in [0.717, 1.165) is 12.1 Å². The van der Waals surface area contributed by atoms with Crippen LogP contribution in [0, 0.1) is 0 Å². The van der Waals surface area contributed by atoms with Crippen LogP contribution in [0.15, 0.2) is 38.8 Å². The number of hydrogen-bond acceptors (Lipinski definition) is 5. The molecule has 2 aromatic heterocycles. The maximum Gasteiger partial charge on any atom is 0.254 e. The van der Waals surface area contributed by atoms with Crippen LogP contribution >= 0.6 is 11.8 Å². The fourth-order valence-corrected chi connectivity index (χ4v) is 3.58. The van der Waals surface area contributed by atoms with Gasteiger partial charge >= 0.3 is 0 Å². The van der Waals surface area contributed by atoms with Gasteiger partial charge in [-0.25, -0.2) is 4.98 Å². The highest BCUT2D eigenvalue weighted by Gasteiger charge is 2.27. The summed E-state index contributed by atoms with van der Waals surface area (Å²) in [5.74, 6) is 1.31. The second-order valence-electron chi connectivity index (χ2n) is 5.12. The van der Waals surface area contributed by atoms with Gasteiger partial charge in [-0.1, -0.05) is 18.7 Å². The Bertz CT molecular complexity index is 724. The molecule has 6 nitrogen and oxygen atoms in total. The molecule has 1 aliphatic rings. The van der Waals surface area contributed by atoms with Crippen LogP contribution in [0.25, 0.3) is 0 Å². The number of rotatable bonds is 5. The van der Waals surface area contributed by atoms with Gasteiger partial charge in [0.1, 0.15) is 5.76 Å². The first-order valence-corrected chi connectivity index (χ1v) is 8.20. The summed E-state index contributed by atoms with van der Waals surface area (Å²) in [5, 5.41) is 3.52. The topological polar surface area (TPSA) is 77.1 Å². The van der Waals surface area contributed by atoms with E-state index in [2.05, 4.69) is 10.3 Å². The van der Waals surface area contributed by atoms with Crippen LogP contribution in [0.1, 0.15) is 30.8 Å². The molecule has 3 heterocycles. The lowest BCUT2D eigenvalue weighted by Gasteiger charge is -2.13. The van der Waals surface area contributed by atoms with E-state index in [1.807, 2.05) is 13.0 Å². The van der Waals surface area contributed by atoms with Crippen molar-refractivity contribution in [2.24, 2.45) is 0 Å². The Morgan fingerprint density at radius 3 is 3.18 bits per heavy atom. The number of nitrogens with one attached hydrogen (secondary N) is 1. The van der Waals surface area contributed by atoms with Crippen molar-refractivity contribution < 1.29 is 9.21 Å². The number of carbonyl (C=O) groups excluding carboxylic acids is 1. The minimum Gasteiger partial charge on any atom is -0.467 e. The monoisotopic (exact) mass is 319 g/mol. The molecule has 0 aromatic carbocycles. The minimum atomic E-state index is -0.137. The molecule has 22 heavy (non-hydrogen) atoms. The normalized spacial score (nSPS) is 16.5. The maximum atomic E-state index is 12.2. The predicted molar refractivity (Wildman–Crippen MR) is 82.8 cm³/mol. The summed E-state index contributed by atoms with van der Waals surface area (Å²) < 4.78 is 6.81. The summed E-state index contributed by atoms with van der Waals surface area (Å²) in [6.45, 7) is 2.33. The van der Waals surface area contributed by atoms with Crippen LogP contribution in [0.3, 0.4) is 0 Å². The molecule has 1 N–H and O–H groups in total. The standard InChI is InChI=1S/C15H17N3O3S/c1-2-10-6-14(20)18-11(9-22-15(18)17-10)7-13(19)16-8-12-4-3-5-21-12/h3-6,11H,2,7-9H2,1H3,(H,16,19). The van der Waals surface area contributed by atoms with Crippen molar-refractivity contribution >= 4 is 17.7 Å². The number of aromatic nitrogens is 2. The highest BCUT2D eigenvalue weighted by atomic mass is 32.2. The average Bonchev–Trinajstić information content (AvgIpc) is 3.15. The number of nitrogens with zero attached hydrogens (tertiary/aromatic N) is 2. The van der Waals surface area contributed by atoms with E-state index in [-0.39, 0.29) is 23.9 Å². The first-order valence-electron chi connectivity index (χ1n) is 7.21. The molecule has 0 saturated heterocycles. The lowest BCUT2D eigenvalue weighted by Crippen LogP contribution is -2.30. The third-order valence-electron chi connectivity index (χ3n) is 3.57. The molecule has 7 heteroatoms. The van der Waals surface area contributed by atoms with Crippen molar-refractivity contribution in [2.45, 2.75) is 37.5 Å². The molecule has 1 atom stereocenters. The van der Waals surface area contributed by atoms with Crippen LogP contribution < -0.4 is 10.9 Å². The number of furan rings is 1. The van der Waals surface area contributed by atoms with Crippen LogP contribution in [0.5, 0.6) is 0 Å². The average molecular weight is 319 g/mol. The van der Waals surface area contributed by atoms with Gasteiger partial charge in [0.2, 0.25) is 5.91 Å². The van der Waals surface area contributed by atoms with Gasteiger partial charge in [0.15, 0.2) is 5.16 Å². The number of amides is 1. The Kier molecular flexibility index (Phi) is 4.33. The molecule has 0 spiro atoms. The lowest BCUT2D eigenvalue weighted by molar-refractivity contribution is -0.122. The molecule has 0 aliphatic carbocycles. The van der Waals surface area contributed by atoms with Gasteiger partial charge in [-0.2, -0.15) is 0 Å². The van der Waals surface area contributed by atoms with E-state index in [1.54, 1.807) is 23.0 Å². The summed E-state index contributed by atoms with van der Waals surface area (Å²) in [6.07, 6.45) is 2.58. The molecule has 0 fully saturated rings. The Morgan fingerprint density at radius 2 is 2.45 bits per heavy atom. The number of aryl methyl sites for hydroxylation is 1. The zero-order valence-corrected chi connectivity index (χ0v) is 13.1. The van der Waals surface area contributed by atoms with Crippen molar-refractivity contribution in [1.29, 1.82) is 0 Å². The van der Waals surface area contributed by atoms with Crippen molar-refractivity contribution in [3.63, 3.8) is 0 Å². The Hall–Kier alpha value is -2.02. The Balaban J connectivity index is 1.66. The van der Waals surface area contributed by atoms with Gasteiger partial charge in [0.05, 0.1) is 18.8 Å². The van der Waals surface area contributed by atoms with Gasteiger partial charge < -0.3 is 9.73 Å². The van der Waals surface area contributed by atoms with Crippen LogP contribution in [0.4, 0.5) is 0 Å². The van der Waals surface area contributed by atoms with Gasteiger partial charge in [-0.3, -0.25) is 14.2 Å². The van der Waals surface area contributed by atoms with Crippen molar-refractivity contribution in [3.8, 4) is 0 Å². The number of fused-ring (bicyclic) bond motifs is 1. The zero-order valence-electron chi connectivity index (χ0n) is 12.2. The van der Waals surface area contributed by atoms with Crippen molar-refractivity contribution in [3.05, 3.63) is 46.3 Å². The smallest absolute Gasteiger partial charge is 0.254 e. The summed E-state index contributed by atoms with van der Waals surface area (Å²) in [5.41, 5.74) is 0.724. The largest absolute Gasteiger partial charge is 0.467 e. The van der Waals surface area contributed by atoms with E-state index in [1.165, 1.54) is 11.8 Å². The fourth-order valence-electron chi connectivity index (χ4n) is 2.41. The van der Waals surface area contributed by atoms with Gasteiger partial charge in [-0.15, -0.1) is 0 Å².